The number of amides is 1. The third-order valence-electron chi connectivity index (χ3n) is 1.66. The molecule has 0 aliphatic carbocycles. The summed E-state index contributed by atoms with van der Waals surface area (Å²) in [5.41, 5.74) is 7.80. The molecule has 1 heterocycles. The van der Waals surface area contributed by atoms with Gasteiger partial charge < -0.3 is 11.1 Å². The van der Waals surface area contributed by atoms with Crippen LogP contribution in [0.4, 0.5) is 0 Å². The van der Waals surface area contributed by atoms with Crippen LogP contribution in [0.15, 0.2) is 5.51 Å². The lowest BCUT2D eigenvalue weighted by Crippen LogP contribution is -2.45. The molecule has 0 aliphatic rings. The van der Waals surface area contributed by atoms with Crippen molar-refractivity contribution in [2.45, 2.75) is 26.3 Å². The number of carbonyl (C=O) groups excluding carboxylic acids is 1. The number of halogens is 2. The molecule has 0 fully saturated rings. The maximum atomic E-state index is 11.6. The quantitative estimate of drug-likeness (QED) is 0.889. The molecule has 0 saturated carbocycles. The molecule has 0 unspecified atom stereocenters. The zero-order valence-corrected chi connectivity index (χ0v) is 11.9. The van der Waals surface area contributed by atoms with Gasteiger partial charge in [0.05, 0.1) is 11.2 Å². The Bertz CT molecular complexity index is 336. The molecule has 1 aromatic rings. The third-order valence-corrected chi connectivity index (χ3v) is 2.58. The smallest absolute Gasteiger partial charge is 0.263 e. The molecule has 4 nitrogen and oxygen atoms in total. The van der Waals surface area contributed by atoms with Gasteiger partial charge in [0.2, 0.25) is 0 Å². The maximum absolute atomic E-state index is 11.6. The van der Waals surface area contributed by atoms with E-state index in [1.807, 2.05) is 20.8 Å². The number of nitrogens with one attached hydrogen (secondary N) is 1. The zero-order chi connectivity index (χ0) is 10.8. The standard InChI is InChI=1S/C9H15N3OS.2ClH/c1-6-7(14-5-12-6)8(13)11-4-9(2,3)10;;/h5H,4,10H2,1-3H3,(H,11,13);2*1H. The first-order chi connectivity index (χ1) is 6.40. The molecule has 0 bridgehead atoms. The summed E-state index contributed by atoms with van der Waals surface area (Å²) < 4.78 is 0. The number of hydrogen-bond donors (Lipinski definition) is 2. The second-order valence-corrected chi connectivity index (χ2v) is 4.79. The van der Waals surface area contributed by atoms with E-state index < -0.39 is 0 Å². The van der Waals surface area contributed by atoms with Gasteiger partial charge in [-0.05, 0) is 20.8 Å². The van der Waals surface area contributed by atoms with Crippen molar-refractivity contribution in [2.24, 2.45) is 5.73 Å². The van der Waals surface area contributed by atoms with Crippen LogP contribution in [0.25, 0.3) is 0 Å². The molecule has 1 amide bonds. The normalized spacial score (nSPS) is 10.0. The second kappa shape index (κ2) is 7.06. The Morgan fingerprint density at radius 1 is 1.56 bits per heavy atom. The van der Waals surface area contributed by atoms with Crippen LogP contribution >= 0.6 is 36.2 Å². The van der Waals surface area contributed by atoms with Gasteiger partial charge in [0, 0.05) is 12.1 Å². The topological polar surface area (TPSA) is 68.0 Å². The number of nitrogens with two attached hydrogens (primary N) is 1. The number of carbonyl (C=O) groups is 1. The van der Waals surface area contributed by atoms with E-state index in [0.717, 1.165) is 5.69 Å². The Hall–Kier alpha value is -0.360. The Balaban J connectivity index is 0. The molecular formula is C9H17Cl2N3OS. The lowest BCUT2D eigenvalue weighted by atomic mass is 10.1. The van der Waals surface area contributed by atoms with Crippen LogP contribution in [-0.4, -0.2) is 23.0 Å². The van der Waals surface area contributed by atoms with Crippen LogP contribution in [0.2, 0.25) is 0 Å². The van der Waals surface area contributed by atoms with Crippen molar-refractivity contribution in [3.05, 3.63) is 16.1 Å². The number of rotatable bonds is 3. The summed E-state index contributed by atoms with van der Waals surface area (Å²) >= 11 is 1.34. The Morgan fingerprint density at radius 3 is 2.50 bits per heavy atom. The summed E-state index contributed by atoms with van der Waals surface area (Å²) in [4.78, 5) is 16.2. The van der Waals surface area contributed by atoms with Gasteiger partial charge in [0.15, 0.2) is 0 Å². The Morgan fingerprint density at radius 2 is 2.12 bits per heavy atom. The van der Waals surface area contributed by atoms with E-state index in [-0.39, 0.29) is 36.3 Å². The molecule has 0 spiro atoms. The summed E-state index contributed by atoms with van der Waals surface area (Å²) in [7, 11) is 0. The van der Waals surface area contributed by atoms with Crippen LogP contribution in [-0.2, 0) is 0 Å². The molecule has 1 rings (SSSR count). The van der Waals surface area contributed by atoms with Crippen LogP contribution in [0.1, 0.15) is 29.2 Å². The molecule has 7 heteroatoms. The van der Waals surface area contributed by atoms with Crippen LogP contribution in [0.3, 0.4) is 0 Å². The highest BCUT2D eigenvalue weighted by molar-refractivity contribution is 7.11. The molecule has 0 saturated heterocycles. The lowest BCUT2D eigenvalue weighted by molar-refractivity contribution is 0.0949. The monoisotopic (exact) mass is 285 g/mol. The predicted octanol–water partition coefficient (Wildman–Crippen LogP) is 1.76. The molecule has 16 heavy (non-hydrogen) atoms. The summed E-state index contributed by atoms with van der Waals surface area (Å²) in [5, 5.41) is 2.77. The van der Waals surface area contributed by atoms with E-state index in [4.69, 9.17) is 5.73 Å². The highest BCUT2D eigenvalue weighted by atomic mass is 35.5. The summed E-state index contributed by atoms with van der Waals surface area (Å²) in [6.45, 7) is 6.02. The largest absolute Gasteiger partial charge is 0.349 e. The van der Waals surface area contributed by atoms with E-state index in [9.17, 15) is 4.79 Å². The Labute approximate surface area is 112 Å². The first-order valence-corrected chi connectivity index (χ1v) is 5.25. The molecule has 0 aliphatic heterocycles. The average molecular weight is 286 g/mol. The summed E-state index contributed by atoms with van der Waals surface area (Å²) in [5.74, 6) is -0.0940. The van der Waals surface area contributed by atoms with E-state index in [1.165, 1.54) is 11.3 Å². The number of aryl methyl sites for hydroxylation is 1. The van der Waals surface area contributed by atoms with E-state index >= 15 is 0 Å². The SMILES string of the molecule is Cc1ncsc1C(=O)NCC(C)(C)N.Cl.Cl. The number of nitrogens with zero attached hydrogens (tertiary/aromatic N) is 1. The minimum absolute atomic E-state index is 0. The third kappa shape index (κ3) is 5.65. The fourth-order valence-corrected chi connectivity index (χ4v) is 1.63. The second-order valence-electron chi connectivity index (χ2n) is 3.94. The average Bonchev–Trinajstić information content (AvgIpc) is 2.46. The van der Waals surface area contributed by atoms with Gasteiger partial charge in [-0.3, -0.25) is 4.79 Å². The van der Waals surface area contributed by atoms with Crippen LogP contribution in [0.5, 0.6) is 0 Å². The highest BCUT2D eigenvalue weighted by Gasteiger charge is 2.15. The van der Waals surface area contributed by atoms with Gasteiger partial charge in [0.1, 0.15) is 4.88 Å². The van der Waals surface area contributed by atoms with Gasteiger partial charge >= 0.3 is 0 Å². The molecular weight excluding hydrogens is 269 g/mol. The highest BCUT2D eigenvalue weighted by Crippen LogP contribution is 2.11. The zero-order valence-electron chi connectivity index (χ0n) is 9.44. The van der Waals surface area contributed by atoms with Gasteiger partial charge in [-0.1, -0.05) is 0 Å². The van der Waals surface area contributed by atoms with Crippen LogP contribution < -0.4 is 11.1 Å². The minimum Gasteiger partial charge on any atom is -0.349 e. The van der Waals surface area contributed by atoms with E-state index in [0.29, 0.717) is 11.4 Å². The van der Waals surface area contributed by atoms with Gasteiger partial charge in [-0.2, -0.15) is 0 Å². The predicted molar refractivity (Wildman–Crippen MR) is 71.9 cm³/mol. The number of aromatic nitrogens is 1. The van der Waals surface area contributed by atoms with E-state index in [2.05, 4.69) is 10.3 Å². The number of hydrogen-bond acceptors (Lipinski definition) is 4. The van der Waals surface area contributed by atoms with Crippen molar-refractivity contribution in [2.75, 3.05) is 6.54 Å². The van der Waals surface area contributed by atoms with Gasteiger partial charge in [-0.25, -0.2) is 4.98 Å². The fourth-order valence-electron chi connectivity index (χ4n) is 0.908. The molecule has 1 aromatic heterocycles. The first kappa shape index (κ1) is 18.0. The molecule has 94 valence electrons. The van der Waals surface area contributed by atoms with Crippen molar-refractivity contribution in [1.29, 1.82) is 0 Å². The van der Waals surface area contributed by atoms with Crippen molar-refractivity contribution in [1.82, 2.24) is 10.3 Å². The van der Waals surface area contributed by atoms with Gasteiger partial charge in [0.25, 0.3) is 5.91 Å². The lowest BCUT2D eigenvalue weighted by Gasteiger charge is -2.18. The van der Waals surface area contributed by atoms with Crippen LogP contribution in [0, 0.1) is 6.92 Å². The van der Waals surface area contributed by atoms with E-state index in [1.54, 1.807) is 5.51 Å². The van der Waals surface area contributed by atoms with Crippen molar-refractivity contribution in [3.8, 4) is 0 Å². The summed E-state index contributed by atoms with van der Waals surface area (Å²) in [6, 6.07) is 0. The minimum atomic E-state index is -0.381. The van der Waals surface area contributed by atoms with Gasteiger partial charge in [-0.15, -0.1) is 36.2 Å². The molecule has 0 atom stereocenters. The summed E-state index contributed by atoms with van der Waals surface area (Å²) in [6.07, 6.45) is 0. The number of thiazole rings is 1. The van der Waals surface area contributed by atoms with Crippen molar-refractivity contribution >= 4 is 42.1 Å². The maximum Gasteiger partial charge on any atom is 0.263 e. The Kier molecular flexibility index (Phi) is 7.95. The van der Waals surface area contributed by atoms with Crippen molar-refractivity contribution in [3.63, 3.8) is 0 Å². The molecule has 3 N–H and O–H groups in total. The molecule has 0 aromatic carbocycles. The van der Waals surface area contributed by atoms with Crippen molar-refractivity contribution < 1.29 is 4.79 Å². The fraction of sp³-hybridized carbons (Fsp3) is 0.556. The molecule has 0 radical (unpaired) electrons. The first-order valence-electron chi connectivity index (χ1n) is 4.37.